The smallest absolute Gasteiger partial charge is 0.0512 e. The molecule has 1 unspecified atom stereocenters. The first kappa shape index (κ1) is 15.8. The summed E-state index contributed by atoms with van der Waals surface area (Å²) in [5.74, 6) is 0. The van der Waals surface area contributed by atoms with E-state index < -0.39 is 0 Å². The molecule has 0 amide bonds. The fraction of sp³-hybridized carbons (Fsp3) is 0.444. The molecule has 0 bridgehead atoms. The Labute approximate surface area is 127 Å². The number of aliphatic hydroxyl groups excluding tert-OH is 1. The third kappa shape index (κ3) is 4.19. The van der Waals surface area contributed by atoms with Crippen molar-refractivity contribution in [2.24, 2.45) is 0 Å². The molecule has 0 aliphatic carbocycles. The molecule has 0 spiro atoms. The average molecular weight is 286 g/mol. The number of aliphatic hydroxyl groups is 1. The van der Waals surface area contributed by atoms with Crippen LogP contribution in [0.15, 0.2) is 36.4 Å². The molecule has 0 aliphatic rings. The van der Waals surface area contributed by atoms with Crippen LogP contribution in [-0.4, -0.2) is 22.3 Å². The minimum Gasteiger partial charge on any atom is -0.393 e. The lowest BCUT2D eigenvalue weighted by Gasteiger charge is -2.10. The van der Waals surface area contributed by atoms with E-state index in [4.69, 9.17) is 0 Å². The molecule has 1 heterocycles. The first-order chi connectivity index (χ1) is 10.1. The maximum absolute atomic E-state index is 9.25. The summed E-state index contributed by atoms with van der Waals surface area (Å²) in [6.45, 7) is 7.99. The SMILES string of the molecule is Cc1cc(CNCCCC(C)O)c(C)n1-c1ccccc1. The van der Waals surface area contributed by atoms with E-state index in [-0.39, 0.29) is 6.10 Å². The minimum absolute atomic E-state index is 0.199. The molecule has 114 valence electrons. The van der Waals surface area contributed by atoms with Gasteiger partial charge in [0.15, 0.2) is 0 Å². The van der Waals surface area contributed by atoms with Crippen LogP contribution in [-0.2, 0) is 6.54 Å². The van der Waals surface area contributed by atoms with E-state index in [0.717, 1.165) is 25.9 Å². The lowest BCUT2D eigenvalue weighted by atomic mass is 10.2. The first-order valence-corrected chi connectivity index (χ1v) is 7.71. The topological polar surface area (TPSA) is 37.2 Å². The zero-order valence-electron chi connectivity index (χ0n) is 13.3. The van der Waals surface area contributed by atoms with E-state index >= 15 is 0 Å². The fourth-order valence-corrected chi connectivity index (χ4v) is 2.73. The standard InChI is InChI=1S/C18H26N2O/c1-14-12-17(13-19-11-7-8-15(2)21)16(3)20(14)18-9-5-4-6-10-18/h4-6,9-10,12,15,19,21H,7-8,11,13H2,1-3H3. The van der Waals surface area contributed by atoms with Crippen molar-refractivity contribution < 1.29 is 5.11 Å². The molecule has 1 atom stereocenters. The summed E-state index contributed by atoms with van der Waals surface area (Å²) in [5, 5.41) is 12.7. The number of para-hydroxylation sites is 1. The molecule has 1 aromatic carbocycles. The third-order valence-corrected chi connectivity index (χ3v) is 3.84. The van der Waals surface area contributed by atoms with E-state index in [1.54, 1.807) is 0 Å². The normalized spacial score (nSPS) is 12.6. The predicted octanol–water partition coefficient (Wildman–Crippen LogP) is 3.34. The van der Waals surface area contributed by atoms with Gasteiger partial charge in [0.2, 0.25) is 0 Å². The maximum Gasteiger partial charge on any atom is 0.0512 e. The lowest BCUT2D eigenvalue weighted by Crippen LogP contribution is -2.16. The molecule has 2 aromatic rings. The Kier molecular flexibility index (Phi) is 5.59. The van der Waals surface area contributed by atoms with Crippen LogP contribution in [0.4, 0.5) is 0 Å². The van der Waals surface area contributed by atoms with Gasteiger partial charge in [0.25, 0.3) is 0 Å². The van der Waals surface area contributed by atoms with Gasteiger partial charge in [-0.05, 0) is 63.9 Å². The third-order valence-electron chi connectivity index (χ3n) is 3.84. The van der Waals surface area contributed by atoms with Gasteiger partial charge in [-0.25, -0.2) is 0 Å². The Morgan fingerprint density at radius 3 is 2.57 bits per heavy atom. The van der Waals surface area contributed by atoms with E-state index in [1.807, 2.05) is 13.0 Å². The highest BCUT2D eigenvalue weighted by Crippen LogP contribution is 2.20. The van der Waals surface area contributed by atoms with Crippen molar-refractivity contribution in [2.75, 3.05) is 6.54 Å². The molecule has 2 rings (SSSR count). The molecular formula is C18H26N2O. The monoisotopic (exact) mass is 286 g/mol. The van der Waals surface area contributed by atoms with Crippen molar-refractivity contribution >= 4 is 0 Å². The van der Waals surface area contributed by atoms with E-state index in [0.29, 0.717) is 0 Å². The highest BCUT2D eigenvalue weighted by molar-refractivity contribution is 5.40. The number of aryl methyl sites for hydroxylation is 1. The van der Waals surface area contributed by atoms with Gasteiger partial charge in [0, 0.05) is 23.6 Å². The molecule has 1 aromatic heterocycles. The van der Waals surface area contributed by atoms with Crippen LogP contribution < -0.4 is 5.32 Å². The Bertz CT molecular complexity index is 558. The number of benzene rings is 1. The Morgan fingerprint density at radius 1 is 1.19 bits per heavy atom. The number of nitrogens with zero attached hydrogens (tertiary/aromatic N) is 1. The van der Waals surface area contributed by atoms with Crippen LogP contribution in [0.2, 0.25) is 0 Å². The molecule has 0 radical (unpaired) electrons. The number of aromatic nitrogens is 1. The second-order valence-corrected chi connectivity index (χ2v) is 5.74. The molecule has 0 aliphatic heterocycles. The van der Waals surface area contributed by atoms with Gasteiger partial charge in [-0.2, -0.15) is 0 Å². The summed E-state index contributed by atoms with van der Waals surface area (Å²) < 4.78 is 2.30. The lowest BCUT2D eigenvalue weighted by molar-refractivity contribution is 0.181. The van der Waals surface area contributed by atoms with Crippen LogP contribution in [0.1, 0.15) is 36.7 Å². The Morgan fingerprint density at radius 2 is 1.90 bits per heavy atom. The average Bonchev–Trinajstić information content (AvgIpc) is 2.74. The summed E-state index contributed by atoms with van der Waals surface area (Å²) in [6.07, 6.45) is 1.67. The van der Waals surface area contributed by atoms with Crippen molar-refractivity contribution in [3.8, 4) is 5.69 Å². The molecule has 21 heavy (non-hydrogen) atoms. The van der Waals surface area contributed by atoms with E-state index in [2.05, 4.69) is 54.1 Å². The van der Waals surface area contributed by atoms with Gasteiger partial charge in [-0.15, -0.1) is 0 Å². The van der Waals surface area contributed by atoms with Gasteiger partial charge in [0.1, 0.15) is 0 Å². The summed E-state index contributed by atoms with van der Waals surface area (Å²) in [5.41, 5.74) is 5.11. The Balaban J connectivity index is 1.99. The van der Waals surface area contributed by atoms with Gasteiger partial charge >= 0.3 is 0 Å². The molecular weight excluding hydrogens is 260 g/mol. The van der Waals surface area contributed by atoms with E-state index in [1.165, 1.54) is 22.6 Å². The molecule has 0 saturated carbocycles. The highest BCUT2D eigenvalue weighted by Gasteiger charge is 2.09. The summed E-state index contributed by atoms with van der Waals surface area (Å²) in [4.78, 5) is 0. The maximum atomic E-state index is 9.25. The highest BCUT2D eigenvalue weighted by atomic mass is 16.3. The van der Waals surface area contributed by atoms with Crippen LogP contribution >= 0.6 is 0 Å². The number of rotatable bonds is 7. The van der Waals surface area contributed by atoms with Crippen LogP contribution in [0, 0.1) is 13.8 Å². The number of hydrogen-bond acceptors (Lipinski definition) is 2. The predicted molar refractivity (Wildman–Crippen MR) is 87.9 cm³/mol. The first-order valence-electron chi connectivity index (χ1n) is 7.71. The van der Waals surface area contributed by atoms with Crippen molar-refractivity contribution in [1.29, 1.82) is 0 Å². The van der Waals surface area contributed by atoms with Crippen molar-refractivity contribution in [1.82, 2.24) is 9.88 Å². The number of nitrogens with one attached hydrogen (secondary N) is 1. The second kappa shape index (κ2) is 7.43. The number of hydrogen-bond donors (Lipinski definition) is 2. The van der Waals surface area contributed by atoms with Gasteiger partial charge in [-0.3, -0.25) is 0 Å². The Hall–Kier alpha value is -1.58. The van der Waals surface area contributed by atoms with Crippen molar-refractivity contribution in [3.63, 3.8) is 0 Å². The molecule has 0 fully saturated rings. The van der Waals surface area contributed by atoms with Gasteiger partial charge < -0.3 is 15.0 Å². The van der Waals surface area contributed by atoms with Crippen molar-refractivity contribution in [2.45, 2.75) is 46.3 Å². The zero-order chi connectivity index (χ0) is 15.2. The molecule has 0 saturated heterocycles. The fourth-order valence-electron chi connectivity index (χ4n) is 2.73. The molecule has 3 heteroatoms. The molecule has 2 N–H and O–H groups in total. The zero-order valence-corrected chi connectivity index (χ0v) is 13.3. The van der Waals surface area contributed by atoms with E-state index in [9.17, 15) is 5.11 Å². The van der Waals surface area contributed by atoms with Crippen LogP contribution in [0.25, 0.3) is 5.69 Å². The van der Waals surface area contributed by atoms with Crippen LogP contribution in [0.5, 0.6) is 0 Å². The summed E-state index contributed by atoms with van der Waals surface area (Å²) in [6, 6.07) is 12.7. The summed E-state index contributed by atoms with van der Waals surface area (Å²) >= 11 is 0. The minimum atomic E-state index is -0.199. The largest absolute Gasteiger partial charge is 0.393 e. The quantitative estimate of drug-likeness (QED) is 0.766. The van der Waals surface area contributed by atoms with Gasteiger partial charge in [-0.1, -0.05) is 18.2 Å². The summed E-state index contributed by atoms with van der Waals surface area (Å²) in [7, 11) is 0. The molecule has 3 nitrogen and oxygen atoms in total. The van der Waals surface area contributed by atoms with Crippen molar-refractivity contribution in [3.05, 3.63) is 53.3 Å². The van der Waals surface area contributed by atoms with Gasteiger partial charge in [0.05, 0.1) is 6.10 Å². The second-order valence-electron chi connectivity index (χ2n) is 5.74. The van der Waals surface area contributed by atoms with Crippen LogP contribution in [0.3, 0.4) is 0 Å².